The van der Waals surface area contributed by atoms with E-state index in [2.05, 4.69) is 32.4 Å². The third kappa shape index (κ3) is 4.60. The molecule has 0 radical (unpaired) electrons. The molecule has 1 aliphatic rings. The standard InChI is InChI=1S/C19H27N5O/c1-14(12-17-13-15(2)21-22-17)20-19(25)16-4-6-18(7-5-16)24-10-8-23(3)9-11-24/h4-7,13-14H,8-12H2,1-3H3,(H,20,25)(H,21,22)/t14-/m0/s1. The molecule has 0 spiro atoms. The summed E-state index contributed by atoms with van der Waals surface area (Å²) in [5.41, 5.74) is 3.89. The molecule has 1 saturated heterocycles. The van der Waals surface area contributed by atoms with Gasteiger partial charge in [0.25, 0.3) is 5.91 Å². The maximum atomic E-state index is 12.4. The van der Waals surface area contributed by atoms with Crippen molar-refractivity contribution < 1.29 is 4.79 Å². The summed E-state index contributed by atoms with van der Waals surface area (Å²) >= 11 is 0. The molecule has 2 heterocycles. The number of carbonyl (C=O) groups excluding carboxylic acids is 1. The fourth-order valence-electron chi connectivity index (χ4n) is 3.14. The van der Waals surface area contributed by atoms with Crippen molar-refractivity contribution in [3.05, 3.63) is 47.3 Å². The molecule has 2 aromatic rings. The molecule has 1 fully saturated rings. The number of amides is 1. The number of likely N-dealkylation sites (N-methyl/N-ethyl adjacent to an activating group) is 1. The highest BCUT2D eigenvalue weighted by Crippen LogP contribution is 2.17. The second-order valence-corrected chi connectivity index (χ2v) is 6.96. The van der Waals surface area contributed by atoms with Gasteiger partial charge in [-0.05, 0) is 51.2 Å². The molecule has 1 aromatic carbocycles. The van der Waals surface area contributed by atoms with Crippen LogP contribution in [0, 0.1) is 6.92 Å². The third-order valence-electron chi connectivity index (χ3n) is 4.65. The van der Waals surface area contributed by atoms with Crippen LogP contribution in [0.2, 0.25) is 0 Å². The van der Waals surface area contributed by atoms with Crippen molar-refractivity contribution in [3.8, 4) is 0 Å². The minimum Gasteiger partial charge on any atom is -0.369 e. The molecule has 25 heavy (non-hydrogen) atoms. The molecule has 1 atom stereocenters. The molecular weight excluding hydrogens is 314 g/mol. The van der Waals surface area contributed by atoms with Gasteiger partial charge < -0.3 is 15.1 Å². The van der Waals surface area contributed by atoms with Crippen LogP contribution in [-0.4, -0.2) is 60.3 Å². The number of anilines is 1. The molecule has 1 aliphatic heterocycles. The first-order valence-electron chi connectivity index (χ1n) is 8.86. The molecule has 1 amide bonds. The van der Waals surface area contributed by atoms with Crippen LogP contribution in [0.5, 0.6) is 0 Å². The Labute approximate surface area is 149 Å². The quantitative estimate of drug-likeness (QED) is 0.871. The number of aromatic nitrogens is 2. The number of piperazine rings is 1. The number of nitrogens with zero attached hydrogens (tertiary/aromatic N) is 3. The summed E-state index contributed by atoms with van der Waals surface area (Å²) in [6, 6.07) is 9.95. The van der Waals surface area contributed by atoms with E-state index in [4.69, 9.17) is 0 Å². The van der Waals surface area contributed by atoms with E-state index in [0.717, 1.165) is 44.0 Å². The predicted molar refractivity (Wildman–Crippen MR) is 100 cm³/mol. The minimum absolute atomic E-state index is 0.0347. The van der Waals surface area contributed by atoms with Gasteiger partial charge in [-0.15, -0.1) is 0 Å². The van der Waals surface area contributed by atoms with E-state index in [1.807, 2.05) is 44.2 Å². The van der Waals surface area contributed by atoms with E-state index in [-0.39, 0.29) is 11.9 Å². The largest absolute Gasteiger partial charge is 0.369 e. The minimum atomic E-state index is -0.0373. The zero-order valence-electron chi connectivity index (χ0n) is 15.2. The molecule has 6 nitrogen and oxygen atoms in total. The van der Waals surface area contributed by atoms with E-state index in [9.17, 15) is 4.79 Å². The van der Waals surface area contributed by atoms with Crippen LogP contribution in [0.1, 0.15) is 28.7 Å². The molecule has 0 saturated carbocycles. The lowest BCUT2D eigenvalue weighted by Crippen LogP contribution is -2.44. The number of rotatable bonds is 5. The van der Waals surface area contributed by atoms with Crippen molar-refractivity contribution in [2.45, 2.75) is 26.3 Å². The second kappa shape index (κ2) is 7.70. The zero-order chi connectivity index (χ0) is 17.8. The van der Waals surface area contributed by atoms with Gasteiger partial charge >= 0.3 is 0 Å². The van der Waals surface area contributed by atoms with Crippen molar-refractivity contribution in [1.29, 1.82) is 0 Å². The molecule has 0 unspecified atom stereocenters. The van der Waals surface area contributed by atoms with Crippen LogP contribution in [0.25, 0.3) is 0 Å². The van der Waals surface area contributed by atoms with Gasteiger partial charge in [0.1, 0.15) is 0 Å². The number of benzene rings is 1. The summed E-state index contributed by atoms with van der Waals surface area (Å²) < 4.78 is 0. The monoisotopic (exact) mass is 341 g/mol. The van der Waals surface area contributed by atoms with E-state index >= 15 is 0 Å². The molecule has 3 rings (SSSR count). The van der Waals surface area contributed by atoms with Crippen molar-refractivity contribution in [2.24, 2.45) is 0 Å². The van der Waals surface area contributed by atoms with Crippen molar-refractivity contribution in [1.82, 2.24) is 20.4 Å². The van der Waals surface area contributed by atoms with Crippen LogP contribution in [-0.2, 0) is 6.42 Å². The summed E-state index contributed by atoms with van der Waals surface area (Å²) in [6.45, 7) is 8.19. The highest BCUT2D eigenvalue weighted by Gasteiger charge is 2.15. The predicted octanol–water partition coefficient (Wildman–Crippen LogP) is 1.83. The first-order chi connectivity index (χ1) is 12.0. The lowest BCUT2D eigenvalue weighted by atomic mass is 10.1. The number of aromatic amines is 1. The zero-order valence-corrected chi connectivity index (χ0v) is 15.2. The highest BCUT2D eigenvalue weighted by molar-refractivity contribution is 5.94. The number of aryl methyl sites for hydroxylation is 1. The molecule has 0 bridgehead atoms. The molecule has 134 valence electrons. The van der Waals surface area contributed by atoms with Gasteiger partial charge in [-0.1, -0.05) is 0 Å². The fraction of sp³-hybridized carbons (Fsp3) is 0.474. The lowest BCUT2D eigenvalue weighted by Gasteiger charge is -2.34. The van der Waals surface area contributed by atoms with Crippen LogP contribution in [0.4, 0.5) is 5.69 Å². The highest BCUT2D eigenvalue weighted by atomic mass is 16.1. The van der Waals surface area contributed by atoms with Gasteiger partial charge in [-0.25, -0.2) is 0 Å². The average Bonchev–Trinajstić information content (AvgIpc) is 3.00. The van der Waals surface area contributed by atoms with Crippen molar-refractivity contribution in [2.75, 3.05) is 38.1 Å². The summed E-state index contributed by atoms with van der Waals surface area (Å²) in [6.07, 6.45) is 0.718. The van der Waals surface area contributed by atoms with Gasteiger partial charge in [0.15, 0.2) is 0 Å². The Kier molecular flexibility index (Phi) is 5.38. The number of hydrogen-bond donors (Lipinski definition) is 2. The molecular formula is C19H27N5O. The SMILES string of the molecule is Cc1cc(C[C@H](C)NC(=O)c2ccc(N3CCN(C)CC3)cc2)n[nH]1. The molecule has 6 heteroatoms. The van der Waals surface area contributed by atoms with Gasteiger partial charge in [0.05, 0.1) is 5.69 Å². The second-order valence-electron chi connectivity index (χ2n) is 6.96. The van der Waals surface area contributed by atoms with E-state index < -0.39 is 0 Å². The van der Waals surface area contributed by atoms with E-state index in [0.29, 0.717) is 5.56 Å². The Morgan fingerprint density at radius 1 is 1.24 bits per heavy atom. The van der Waals surface area contributed by atoms with E-state index in [1.165, 1.54) is 5.69 Å². The van der Waals surface area contributed by atoms with Gasteiger partial charge in [-0.2, -0.15) is 5.10 Å². The summed E-state index contributed by atoms with van der Waals surface area (Å²) in [7, 11) is 2.15. The van der Waals surface area contributed by atoms with E-state index in [1.54, 1.807) is 0 Å². The van der Waals surface area contributed by atoms with Crippen LogP contribution in [0.3, 0.4) is 0 Å². The number of hydrogen-bond acceptors (Lipinski definition) is 4. The van der Waals surface area contributed by atoms with Crippen LogP contribution < -0.4 is 10.2 Å². The van der Waals surface area contributed by atoms with Crippen LogP contribution >= 0.6 is 0 Å². The Balaban J connectivity index is 1.55. The Morgan fingerprint density at radius 3 is 2.52 bits per heavy atom. The normalized spacial score (nSPS) is 16.7. The number of carbonyl (C=O) groups is 1. The van der Waals surface area contributed by atoms with Crippen molar-refractivity contribution in [3.63, 3.8) is 0 Å². The Hall–Kier alpha value is -2.34. The van der Waals surface area contributed by atoms with Gasteiger partial charge in [0, 0.05) is 55.6 Å². The summed E-state index contributed by atoms with van der Waals surface area (Å²) in [5.74, 6) is -0.0373. The van der Waals surface area contributed by atoms with Gasteiger partial charge in [0.2, 0.25) is 0 Å². The topological polar surface area (TPSA) is 64.3 Å². The maximum absolute atomic E-state index is 12.4. The smallest absolute Gasteiger partial charge is 0.251 e. The maximum Gasteiger partial charge on any atom is 0.251 e. The summed E-state index contributed by atoms with van der Waals surface area (Å²) in [5, 5.41) is 10.2. The fourth-order valence-corrected chi connectivity index (χ4v) is 3.14. The molecule has 1 aromatic heterocycles. The number of H-pyrrole nitrogens is 1. The average molecular weight is 341 g/mol. The molecule has 0 aliphatic carbocycles. The summed E-state index contributed by atoms with van der Waals surface area (Å²) in [4.78, 5) is 17.1. The van der Waals surface area contributed by atoms with Crippen molar-refractivity contribution >= 4 is 11.6 Å². The van der Waals surface area contributed by atoms with Gasteiger partial charge in [-0.3, -0.25) is 9.89 Å². The number of nitrogens with one attached hydrogen (secondary N) is 2. The first kappa shape index (κ1) is 17.5. The Bertz CT molecular complexity index is 701. The third-order valence-corrected chi connectivity index (χ3v) is 4.65. The molecule has 2 N–H and O–H groups in total. The van der Waals surface area contributed by atoms with Crippen LogP contribution in [0.15, 0.2) is 30.3 Å². The Morgan fingerprint density at radius 2 is 1.92 bits per heavy atom. The lowest BCUT2D eigenvalue weighted by molar-refractivity contribution is 0.0940. The first-order valence-corrected chi connectivity index (χ1v) is 8.86.